The molecule has 0 saturated heterocycles. The molecule has 0 radical (unpaired) electrons. The van der Waals surface area contributed by atoms with Crippen molar-refractivity contribution in [3.05, 3.63) is 216 Å². The third-order valence-corrected chi connectivity index (χ3v) is 13.0. The molecule has 11 aromatic carbocycles. The summed E-state index contributed by atoms with van der Waals surface area (Å²) in [5.41, 5.74) is 15.5. The van der Waals surface area contributed by atoms with Crippen molar-refractivity contribution in [2.45, 2.75) is 5.41 Å². The summed E-state index contributed by atoms with van der Waals surface area (Å²) in [6.45, 7) is 0. The van der Waals surface area contributed by atoms with E-state index in [-0.39, 0.29) is 0 Å². The Bertz CT molecular complexity index is 3370. The summed E-state index contributed by atoms with van der Waals surface area (Å²) in [6.07, 6.45) is 0. The molecule has 0 aliphatic heterocycles. The molecule has 0 amide bonds. The van der Waals surface area contributed by atoms with Gasteiger partial charge in [0.25, 0.3) is 0 Å². The molecule has 0 nitrogen and oxygen atoms in total. The van der Waals surface area contributed by atoms with Crippen LogP contribution in [0.15, 0.2) is 194 Å². The normalized spacial score (nSPS) is 13.6. The van der Waals surface area contributed by atoms with Gasteiger partial charge in [0.2, 0.25) is 0 Å². The molecule has 0 saturated carbocycles. The first kappa shape index (κ1) is 29.4. The Hall–Kier alpha value is -7.02. The van der Waals surface area contributed by atoms with E-state index < -0.39 is 5.41 Å². The number of hydrogen-bond donors (Lipinski definition) is 0. The van der Waals surface area contributed by atoms with E-state index in [0.29, 0.717) is 0 Å². The molecule has 2 aliphatic carbocycles. The van der Waals surface area contributed by atoms with Crippen LogP contribution in [0, 0.1) is 0 Å². The summed E-state index contributed by atoms with van der Waals surface area (Å²) < 4.78 is 0. The van der Waals surface area contributed by atoms with Crippen molar-refractivity contribution in [1.29, 1.82) is 0 Å². The Kier molecular flexibility index (Phi) is 5.65. The van der Waals surface area contributed by atoms with E-state index >= 15 is 0 Å². The molecule has 0 bridgehead atoms. The molecule has 0 atom stereocenters. The fourth-order valence-corrected chi connectivity index (χ4v) is 10.8. The monoisotopic (exact) mass is 692 g/mol. The van der Waals surface area contributed by atoms with E-state index in [1.165, 1.54) is 121 Å². The highest BCUT2D eigenvalue weighted by molar-refractivity contribution is 6.26. The molecule has 2 aliphatic rings. The minimum atomic E-state index is -0.397. The fourth-order valence-electron chi connectivity index (χ4n) is 10.8. The molecule has 0 aromatic heterocycles. The zero-order chi connectivity index (χ0) is 35.8. The molecule has 0 fully saturated rings. The zero-order valence-electron chi connectivity index (χ0n) is 30.0. The highest BCUT2D eigenvalue weighted by Crippen LogP contribution is 2.64. The molecule has 55 heavy (non-hydrogen) atoms. The largest absolute Gasteiger partial charge is 0.0725 e. The van der Waals surface area contributed by atoms with Gasteiger partial charge in [-0.2, -0.15) is 0 Å². The third kappa shape index (κ3) is 3.71. The van der Waals surface area contributed by atoms with Crippen LogP contribution in [0.5, 0.6) is 0 Å². The van der Waals surface area contributed by atoms with Crippen LogP contribution in [0.25, 0.3) is 98.4 Å². The predicted molar refractivity (Wildman–Crippen MR) is 232 cm³/mol. The highest BCUT2D eigenvalue weighted by atomic mass is 14.5. The SMILES string of the molecule is c1ccc(-c2ccc3ccc4cccc5ccc2c3c45)c(-c2ccc3cc4c(cc3c2)C2(c3ccccc3-c3ccccc32)c2ccc3ccccc3c2-4)c1. The van der Waals surface area contributed by atoms with E-state index in [9.17, 15) is 0 Å². The van der Waals surface area contributed by atoms with Gasteiger partial charge in [0, 0.05) is 0 Å². The van der Waals surface area contributed by atoms with Gasteiger partial charge in [0.15, 0.2) is 0 Å². The molecular weight excluding hydrogens is 661 g/mol. The maximum Gasteiger partial charge on any atom is 0.0725 e. The maximum atomic E-state index is 2.53. The van der Waals surface area contributed by atoms with Crippen molar-refractivity contribution < 1.29 is 0 Å². The number of fused-ring (bicyclic) bond motifs is 13. The third-order valence-electron chi connectivity index (χ3n) is 13.0. The summed E-state index contributed by atoms with van der Waals surface area (Å²) >= 11 is 0. The molecule has 0 heteroatoms. The second-order valence-electron chi connectivity index (χ2n) is 15.5. The van der Waals surface area contributed by atoms with E-state index in [1.807, 2.05) is 0 Å². The van der Waals surface area contributed by atoms with Gasteiger partial charge in [-0.15, -0.1) is 0 Å². The molecule has 0 unspecified atom stereocenters. The number of rotatable bonds is 2. The van der Waals surface area contributed by atoms with Gasteiger partial charge < -0.3 is 0 Å². The number of hydrogen-bond acceptors (Lipinski definition) is 0. The van der Waals surface area contributed by atoms with Crippen molar-refractivity contribution in [3.8, 4) is 44.5 Å². The zero-order valence-corrected chi connectivity index (χ0v) is 30.0. The standard InChI is InChI=1S/C55H32/c1-2-14-41-33(10-1)26-29-50-54(41)47-31-37-22-23-38(30-39(37)32-51(47)55(50)48-18-7-5-16-44(48)45-17-6-8-19-49(45)55)40-13-3-4-15-42(40)43-27-24-36-21-20-34-11-9-12-35-25-28-46(43)53(36)52(34)35/h1-32H. The van der Waals surface area contributed by atoms with Crippen LogP contribution in [-0.2, 0) is 5.41 Å². The quantitative estimate of drug-likeness (QED) is 0.158. The fraction of sp³-hybridized carbons (Fsp3) is 0.0182. The van der Waals surface area contributed by atoms with E-state index in [4.69, 9.17) is 0 Å². The van der Waals surface area contributed by atoms with Gasteiger partial charge in [0.1, 0.15) is 0 Å². The number of benzene rings is 11. The second kappa shape index (κ2) is 10.6. The smallest absolute Gasteiger partial charge is 0.0619 e. The minimum Gasteiger partial charge on any atom is -0.0619 e. The average molecular weight is 693 g/mol. The summed E-state index contributed by atoms with van der Waals surface area (Å²) in [6, 6.07) is 73.4. The topological polar surface area (TPSA) is 0 Å². The molecule has 252 valence electrons. The lowest BCUT2D eigenvalue weighted by Gasteiger charge is -2.30. The van der Waals surface area contributed by atoms with Gasteiger partial charge in [-0.1, -0.05) is 176 Å². The van der Waals surface area contributed by atoms with E-state index in [2.05, 4.69) is 194 Å². The van der Waals surface area contributed by atoms with Crippen LogP contribution in [0.1, 0.15) is 22.3 Å². The Labute approximate surface area is 318 Å². The summed E-state index contributed by atoms with van der Waals surface area (Å²) in [5, 5.41) is 13.0. The van der Waals surface area contributed by atoms with Crippen molar-refractivity contribution in [1.82, 2.24) is 0 Å². The summed E-state index contributed by atoms with van der Waals surface area (Å²) in [4.78, 5) is 0. The first-order valence-corrected chi connectivity index (χ1v) is 19.3. The Morgan fingerprint density at radius 3 is 1.65 bits per heavy atom. The van der Waals surface area contributed by atoms with Gasteiger partial charge >= 0.3 is 0 Å². The van der Waals surface area contributed by atoms with E-state index in [1.54, 1.807) is 0 Å². The molecule has 11 aromatic rings. The van der Waals surface area contributed by atoms with Gasteiger partial charge in [-0.25, -0.2) is 0 Å². The summed E-state index contributed by atoms with van der Waals surface area (Å²) in [7, 11) is 0. The average Bonchev–Trinajstić information content (AvgIpc) is 3.71. The van der Waals surface area contributed by atoms with Crippen LogP contribution < -0.4 is 0 Å². The first-order chi connectivity index (χ1) is 27.3. The predicted octanol–water partition coefficient (Wildman–Crippen LogP) is 14.6. The lowest BCUT2D eigenvalue weighted by molar-refractivity contribution is 0.795. The molecular formula is C55H32. The van der Waals surface area contributed by atoms with Crippen molar-refractivity contribution in [2.24, 2.45) is 0 Å². The minimum absolute atomic E-state index is 0.397. The van der Waals surface area contributed by atoms with Crippen LogP contribution in [0.2, 0.25) is 0 Å². The first-order valence-electron chi connectivity index (χ1n) is 19.3. The molecule has 13 rings (SSSR count). The highest BCUT2D eigenvalue weighted by Gasteiger charge is 2.52. The Morgan fingerprint density at radius 1 is 0.255 bits per heavy atom. The van der Waals surface area contributed by atoms with Crippen molar-refractivity contribution in [3.63, 3.8) is 0 Å². The lowest BCUT2D eigenvalue weighted by atomic mass is 9.70. The van der Waals surface area contributed by atoms with Crippen LogP contribution in [0.3, 0.4) is 0 Å². The second-order valence-corrected chi connectivity index (χ2v) is 15.5. The molecule has 0 N–H and O–H groups in total. The summed E-state index contributed by atoms with van der Waals surface area (Å²) in [5.74, 6) is 0. The Balaban J connectivity index is 1.07. The van der Waals surface area contributed by atoms with Crippen molar-refractivity contribution in [2.75, 3.05) is 0 Å². The van der Waals surface area contributed by atoms with Crippen LogP contribution in [0.4, 0.5) is 0 Å². The Morgan fingerprint density at radius 2 is 0.855 bits per heavy atom. The lowest BCUT2D eigenvalue weighted by Crippen LogP contribution is -2.25. The maximum absolute atomic E-state index is 2.53. The van der Waals surface area contributed by atoms with Gasteiger partial charge in [0.05, 0.1) is 5.41 Å². The van der Waals surface area contributed by atoms with Crippen LogP contribution >= 0.6 is 0 Å². The van der Waals surface area contributed by atoms with Gasteiger partial charge in [-0.3, -0.25) is 0 Å². The van der Waals surface area contributed by atoms with Crippen molar-refractivity contribution >= 4 is 53.9 Å². The van der Waals surface area contributed by atoms with Gasteiger partial charge in [-0.05, 0) is 139 Å². The van der Waals surface area contributed by atoms with Crippen LogP contribution in [-0.4, -0.2) is 0 Å². The van der Waals surface area contributed by atoms with E-state index in [0.717, 1.165) is 0 Å². The molecule has 0 heterocycles. The molecule has 1 spiro atoms.